The normalized spacial score (nSPS) is 12.1. The molecular formula is C40H39Cl2N3O5S. The van der Waals surface area contributed by atoms with Gasteiger partial charge >= 0.3 is 0 Å². The van der Waals surface area contributed by atoms with E-state index in [0.717, 1.165) is 9.87 Å². The SMILES string of the molecule is CC(C)(C)NC(=O)C(Cc1ccccc1)N(Cc1c(Cl)cccc1Cl)C(=O)CN(c1ccc(Oc2ccccc2)cc1)S(=O)(=O)c1ccccc1. The van der Waals surface area contributed by atoms with Gasteiger partial charge < -0.3 is 15.0 Å². The molecule has 0 fully saturated rings. The average molecular weight is 745 g/mol. The Morgan fingerprint density at radius 3 is 1.82 bits per heavy atom. The molecule has 5 aromatic rings. The van der Waals surface area contributed by atoms with E-state index in [1.807, 2.05) is 69.3 Å². The van der Waals surface area contributed by atoms with Crippen molar-refractivity contribution >= 4 is 50.7 Å². The van der Waals surface area contributed by atoms with Gasteiger partial charge in [-0.2, -0.15) is 0 Å². The predicted octanol–water partition coefficient (Wildman–Crippen LogP) is 8.54. The number of para-hydroxylation sites is 1. The molecule has 0 aliphatic rings. The summed E-state index contributed by atoms with van der Waals surface area (Å²) < 4.78 is 35.6. The zero-order chi connectivity index (χ0) is 36.6. The van der Waals surface area contributed by atoms with Gasteiger partial charge in [-0.3, -0.25) is 13.9 Å². The van der Waals surface area contributed by atoms with Crippen LogP contribution in [-0.4, -0.2) is 43.3 Å². The third-order valence-electron chi connectivity index (χ3n) is 7.87. The molecule has 264 valence electrons. The summed E-state index contributed by atoms with van der Waals surface area (Å²) in [6, 6.07) is 36.7. The van der Waals surface area contributed by atoms with Crippen molar-refractivity contribution in [3.05, 3.63) is 155 Å². The number of carbonyl (C=O) groups excluding carboxylic acids is 2. The summed E-state index contributed by atoms with van der Waals surface area (Å²) >= 11 is 13.2. The maximum absolute atomic E-state index is 14.8. The van der Waals surface area contributed by atoms with Gasteiger partial charge in [-0.15, -0.1) is 0 Å². The molecule has 51 heavy (non-hydrogen) atoms. The van der Waals surface area contributed by atoms with Crippen LogP contribution in [0.15, 0.2) is 138 Å². The molecule has 0 aliphatic heterocycles. The molecule has 0 heterocycles. The number of sulfonamides is 1. The fourth-order valence-corrected chi connectivity index (χ4v) is 7.37. The van der Waals surface area contributed by atoms with Gasteiger partial charge in [0, 0.05) is 34.1 Å². The molecule has 0 radical (unpaired) electrons. The number of halogens is 2. The molecule has 8 nitrogen and oxygen atoms in total. The molecule has 5 rings (SSSR count). The van der Waals surface area contributed by atoms with Crippen LogP contribution in [0.5, 0.6) is 11.5 Å². The van der Waals surface area contributed by atoms with E-state index in [4.69, 9.17) is 27.9 Å². The average Bonchev–Trinajstić information content (AvgIpc) is 3.10. The highest BCUT2D eigenvalue weighted by Crippen LogP contribution is 2.31. The van der Waals surface area contributed by atoms with Gasteiger partial charge in [-0.1, -0.05) is 96.0 Å². The molecule has 2 amide bonds. The van der Waals surface area contributed by atoms with Gasteiger partial charge in [0.2, 0.25) is 11.8 Å². The molecule has 11 heteroatoms. The van der Waals surface area contributed by atoms with Crippen LogP contribution in [-0.2, 0) is 32.6 Å². The van der Waals surface area contributed by atoms with Gasteiger partial charge in [-0.25, -0.2) is 8.42 Å². The van der Waals surface area contributed by atoms with E-state index in [1.165, 1.54) is 17.0 Å². The fourth-order valence-electron chi connectivity index (χ4n) is 5.41. The standard InChI is InChI=1S/C40H39Cl2N3O5S/c1-40(2,3)43-39(47)37(26-29-14-7-4-8-15-29)44(27-34-35(41)20-13-21-36(34)42)38(46)28-45(51(48,49)33-18-11-6-12-19-33)30-22-24-32(25-23-30)50-31-16-9-5-10-17-31/h4-25,37H,26-28H2,1-3H3,(H,43,47). The molecule has 0 saturated carbocycles. The first kappa shape index (κ1) is 37.4. The lowest BCUT2D eigenvalue weighted by Gasteiger charge is -2.35. The summed E-state index contributed by atoms with van der Waals surface area (Å²) in [5.74, 6) is 0.0361. The topological polar surface area (TPSA) is 96.0 Å². The summed E-state index contributed by atoms with van der Waals surface area (Å²) in [4.78, 5) is 30.2. The van der Waals surface area contributed by atoms with Crippen molar-refractivity contribution in [2.75, 3.05) is 10.8 Å². The van der Waals surface area contributed by atoms with Crippen molar-refractivity contribution in [3.8, 4) is 11.5 Å². The molecule has 0 aromatic heterocycles. The van der Waals surface area contributed by atoms with Crippen molar-refractivity contribution in [2.24, 2.45) is 0 Å². The molecule has 0 spiro atoms. The summed E-state index contributed by atoms with van der Waals surface area (Å²) in [5.41, 5.74) is 0.824. The van der Waals surface area contributed by atoms with Crippen LogP contribution in [0, 0.1) is 0 Å². The monoisotopic (exact) mass is 743 g/mol. The minimum Gasteiger partial charge on any atom is -0.457 e. The highest BCUT2D eigenvalue weighted by atomic mass is 35.5. The summed E-state index contributed by atoms with van der Waals surface area (Å²) in [7, 11) is -4.28. The minimum absolute atomic E-state index is 0.00517. The third kappa shape index (κ3) is 9.91. The Labute approximate surface area is 309 Å². The second kappa shape index (κ2) is 16.5. The Bertz CT molecular complexity index is 2020. The van der Waals surface area contributed by atoms with Crippen LogP contribution in [0.4, 0.5) is 5.69 Å². The van der Waals surface area contributed by atoms with Gasteiger partial charge in [0.1, 0.15) is 24.1 Å². The Morgan fingerprint density at radius 2 is 1.25 bits per heavy atom. The molecule has 1 N–H and O–H groups in total. The Hall–Kier alpha value is -4.83. The minimum atomic E-state index is -4.28. The number of ether oxygens (including phenoxy) is 1. The molecular weight excluding hydrogens is 705 g/mol. The number of nitrogens with zero attached hydrogens (tertiary/aromatic N) is 2. The summed E-state index contributed by atoms with van der Waals surface area (Å²) in [6.45, 7) is 4.75. The molecule has 1 atom stereocenters. The van der Waals surface area contributed by atoms with Crippen LogP contribution in [0.1, 0.15) is 31.9 Å². The van der Waals surface area contributed by atoms with Crippen molar-refractivity contribution in [1.29, 1.82) is 0 Å². The van der Waals surface area contributed by atoms with Crippen LogP contribution >= 0.6 is 23.2 Å². The largest absolute Gasteiger partial charge is 0.457 e. The van der Waals surface area contributed by atoms with E-state index >= 15 is 0 Å². The Morgan fingerprint density at radius 1 is 0.725 bits per heavy atom. The molecule has 5 aromatic carbocycles. The van der Waals surface area contributed by atoms with Gasteiger partial charge in [0.05, 0.1) is 10.6 Å². The summed E-state index contributed by atoms with van der Waals surface area (Å²) in [6.07, 6.45) is 0.146. The number of hydrogen-bond acceptors (Lipinski definition) is 5. The Kier molecular flexibility index (Phi) is 12.1. The molecule has 0 saturated heterocycles. The maximum Gasteiger partial charge on any atom is 0.264 e. The first-order valence-electron chi connectivity index (χ1n) is 16.3. The second-order valence-corrected chi connectivity index (χ2v) is 15.6. The van der Waals surface area contributed by atoms with Gasteiger partial charge in [0.25, 0.3) is 10.0 Å². The summed E-state index contributed by atoms with van der Waals surface area (Å²) in [5, 5.41) is 3.62. The zero-order valence-electron chi connectivity index (χ0n) is 28.5. The van der Waals surface area contributed by atoms with E-state index in [9.17, 15) is 18.0 Å². The molecule has 1 unspecified atom stereocenters. The molecule has 0 bridgehead atoms. The number of amides is 2. The van der Waals surface area contributed by atoms with Crippen LogP contribution in [0.25, 0.3) is 0 Å². The smallest absolute Gasteiger partial charge is 0.264 e. The highest BCUT2D eigenvalue weighted by molar-refractivity contribution is 7.92. The van der Waals surface area contributed by atoms with Crippen LogP contribution in [0.2, 0.25) is 10.0 Å². The van der Waals surface area contributed by atoms with Crippen LogP contribution in [0.3, 0.4) is 0 Å². The first-order chi connectivity index (χ1) is 24.3. The number of nitrogens with one attached hydrogen (secondary N) is 1. The predicted molar refractivity (Wildman–Crippen MR) is 203 cm³/mol. The number of hydrogen-bond donors (Lipinski definition) is 1. The van der Waals surface area contributed by atoms with Crippen molar-refractivity contribution in [3.63, 3.8) is 0 Å². The molecule has 0 aliphatic carbocycles. The second-order valence-electron chi connectivity index (χ2n) is 12.9. The van der Waals surface area contributed by atoms with E-state index in [-0.39, 0.29) is 23.5 Å². The number of carbonyl (C=O) groups is 2. The van der Waals surface area contributed by atoms with Gasteiger partial charge in [0.15, 0.2) is 0 Å². The van der Waals surface area contributed by atoms with E-state index < -0.39 is 40.0 Å². The van der Waals surface area contributed by atoms with Crippen molar-refractivity contribution < 1.29 is 22.7 Å². The third-order valence-corrected chi connectivity index (χ3v) is 10.4. The first-order valence-corrected chi connectivity index (χ1v) is 18.5. The lowest BCUT2D eigenvalue weighted by Crippen LogP contribution is -2.56. The zero-order valence-corrected chi connectivity index (χ0v) is 30.8. The number of rotatable bonds is 13. The number of anilines is 1. The van der Waals surface area contributed by atoms with E-state index in [1.54, 1.807) is 72.8 Å². The lowest BCUT2D eigenvalue weighted by atomic mass is 10.0. The van der Waals surface area contributed by atoms with Crippen LogP contribution < -0.4 is 14.4 Å². The number of benzene rings is 5. The maximum atomic E-state index is 14.8. The van der Waals surface area contributed by atoms with E-state index in [2.05, 4.69) is 5.32 Å². The fraction of sp³-hybridized carbons (Fsp3) is 0.200. The lowest BCUT2D eigenvalue weighted by molar-refractivity contribution is -0.140. The quantitative estimate of drug-likeness (QED) is 0.130. The van der Waals surface area contributed by atoms with E-state index in [0.29, 0.717) is 27.1 Å². The van der Waals surface area contributed by atoms with Crippen molar-refractivity contribution in [1.82, 2.24) is 10.2 Å². The highest BCUT2D eigenvalue weighted by Gasteiger charge is 2.36. The Balaban J connectivity index is 1.59. The van der Waals surface area contributed by atoms with Crippen molar-refractivity contribution in [2.45, 2.75) is 50.2 Å². The van der Waals surface area contributed by atoms with Gasteiger partial charge in [-0.05, 0) is 87.0 Å².